The third-order valence-corrected chi connectivity index (χ3v) is 6.31. The first-order valence-corrected chi connectivity index (χ1v) is 11.3. The molecule has 1 saturated heterocycles. The highest BCUT2D eigenvalue weighted by atomic mass is 16.2. The Kier molecular flexibility index (Phi) is 6.88. The fraction of sp³-hybridized carbons (Fsp3) is 0.417. The number of nitrogens with one attached hydrogen (secondary N) is 1. The number of tetrazole rings is 1. The fourth-order valence-electron chi connectivity index (χ4n) is 4.46. The van der Waals surface area contributed by atoms with E-state index in [9.17, 15) is 4.79 Å². The Labute approximate surface area is 193 Å². The quantitative estimate of drug-likeness (QED) is 0.556. The van der Waals surface area contributed by atoms with Crippen LogP contribution in [0.25, 0.3) is 5.69 Å². The minimum Gasteiger partial charge on any atom is -0.339 e. The molecule has 4 rings (SSSR count). The topological polar surface area (TPSA) is 102 Å². The van der Waals surface area contributed by atoms with Crippen LogP contribution in [0.3, 0.4) is 0 Å². The van der Waals surface area contributed by atoms with Crippen molar-refractivity contribution in [2.24, 2.45) is 5.92 Å². The first-order valence-electron chi connectivity index (χ1n) is 11.3. The lowest BCUT2D eigenvalue weighted by Crippen LogP contribution is -2.41. The number of hydrogen-bond acceptors (Lipinski definition) is 7. The van der Waals surface area contributed by atoms with Crippen molar-refractivity contribution in [3.63, 3.8) is 0 Å². The Balaban J connectivity index is 1.61. The molecule has 9 nitrogen and oxygen atoms in total. The predicted molar refractivity (Wildman–Crippen MR) is 125 cm³/mol. The van der Waals surface area contributed by atoms with Crippen LogP contribution in [0, 0.1) is 26.7 Å². The highest BCUT2D eigenvalue weighted by Crippen LogP contribution is 2.26. The van der Waals surface area contributed by atoms with Crippen molar-refractivity contribution in [2.75, 3.05) is 19.6 Å². The van der Waals surface area contributed by atoms with Gasteiger partial charge in [-0.05, 0) is 73.7 Å². The molecule has 1 amide bonds. The van der Waals surface area contributed by atoms with Gasteiger partial charge in [0.1, 0.15) is 6.04 Å². The molecule has 1 aliphatic rings. The summed E-state index contributed by atoms with van der Waals surface area (Å²) in [6, 6.07) is 5.83. The monoisotopic (exact) mass is 446 g/mol. The van der Waals surface area contributed by atoms with E-state index in [1.807, 2.05) is 22.6 Å². The molecule has 172 valence electrons. The van der Waals surface area contributed by atoms with Crippen molar-refractivity contribution in [2.45, 2.75) is 39.7 Å². The normalized spacial score (nSPS) is 15.4. The molecule has 1 fully saturated rings. The Hall–Kier alpha value is -3.46. The molecule has 2 aromatic heterocycles. The molecule has 9 heteroatoms. The molecule has 0 saturated carbocycles. The second-order valence-corrected chi connectivity index (χ2v) is 8.53. The Morgan fingerprint density at radius 3 is 2.55 bits per heavy atom. The minimum atomic E-state index is -0.319. The summed E-state index contributed by atoms with van der Waals surface area (Å²) < 4.78 is 1.81. The molecule has 1 aliphatic heterocycles. The number of para-hydroxylation sites is 1. The zero-order valence-corrected chi connectivity index (χ0v) is 19.4. The zero-order chi connectivity index (χ0) is 23.4. The smallest absolute Gasteiger partial charge is 0.245 e. The number of rotatable bonds is 7. The van der Waals surface area contributed by atoms with E-state index in [0.29, 0.717) is 11.7 Å². The Bertz CT molecular complexity index is 1110. The van der Waals surface area contributed by atoms with Gasteiger partial charge in [0.15, 0.2) is 5.82 Å². The van der Waals surface area contributed by atoms with Gasteiger partial charge in [-0.15, -0.1) is 5.10 Å². The van der Waals surface area contributed by atoms with Gasteiger partial charge in [0.05, 0.1) is 17.1 Å². The van der Waals surface area contributed by atoms with Crippen LogP contribution in [-0.4, -0.2) is 60.6 Å². The number of benzene rings is 1. The van der Waals surface area contributed by atoms with Crippen LogP contribution in [0.2, 0.25) is 0 Å². The molecule has 3 aromatic rings. The molecular weight excluding hydrogens is 416 g/mol. The molecule has 1 atom stereocenters. The van der Waals surface area contributed by atoms with Crippen molar-refractivity contribution < 1.29 is 4.79 Å². The Morgan fingerprint density at radius 2 is 1.88 bits per heavy atom. The number of likely N-dealkylation sites (tertiary alicyclic amines) is 1. The number of amides is 1. The fourth-order valence-corrected chi connectivity index (χ4v) is 4.46. The van der Waals surface area contributed by atoms with Crippen LogP contribution in [0.1, 0.15) is 47.2 Å². The molecule has 3 heterocycles. The van der Waals surface area contributed by atoms with Crippen molar-refractivity contribution in [3.05, 3.63) is 71.6 Å². The third kappa shape index (κ3) is 4.83. The number of hydrogen-bond donors (Lipinski definition) is 1. The maximum Gasteiger partial charge on any atom is 0.245 e. The van der Waals surface area contributed by atoms with Gasteiger partial charge in [0.25, 0.3) is 0 Å². The molecule has 1 unspecified atom stereocenters. The van der Waals surface area contributed by atoms with Crippen LogP contribution in [-0.2, 0) is 4.79 Å². The van der Waals surface area contributed by atoms with E-state index in [4.69, 9.17) is 0 Å². The summed E-state index contributed by atoms with van der Waals surface area (Å²) in [5.41, 5.74) is 4.80. The lowest BCUT2D eigenvalue weighted by Gasteiger charge is -2.32. The zero-order valence-electron chi connectivity index (χ0n) is 19.4. The van der Waals surface area contributed by atoms with Crippen LogP contribution < -0.4 is 5.32 Å². The third-order valence-electron chi connectivity index (χ3n) is 6.31. The summed E-state index contributed by atoms with van der Waals surface area (Å²) in [5, 5.41) is 16.4. The molecular formula is C24H30N8O. The van der Waals surface area contributed by atoms with Crippen molar-refractivity contribution in [1.29, 1.82) is 0 Å². The number of aromatic nitrogens is 6. The summed E-state index contributed by atoms with van der Waals surface area (Å²) in [7, 11) is 0. The second kappa shape index (κ2) is 9.99. The standard InChI is InChI=1S/C24H30N8O/c1-5-20(33)31-13-9-19(10-14-31)15-27-22(21-18(4)25-11-12-26-21)24-28-29-30-32(24)23-16(2)7-6-8-17(23)3/h5-8,11-12,19,22,27H,1,9-10,13-15H2,2-4H3. The summed E-state index contributed by atoms with van der Waals surface area (Å²) in [4.78, 5) is 22.8. The number of piperidine rings is 1. The highest BCUT2D eigenvalue weighted by Gasteiger charge is 2.28. The van der Waals surface area contributed by atoms with Gasteiger partial charge in [0, 0.05) is 25.5 Å². The lowest BCUT2D eigenvalue weighted by molar-refractivity contribution is -0.127. The van der Waals surface area contributed by atoms with E-state index >= 15 is 0 Å². The van der Waals surface area contributed by atoms with Gasteiger partial charge in [0.2, 0.25) is 5.91 Å². The molecule has 33 heavy (non-hydrogen) atoms. The summed E-state index contributed by atoms with van der Waals surface area (Å²) in [5.74, 6) is 1.11. The number of aryl methyl sites for hydroxylation is 3. The molecule has 0 aliphatic carbocycles. The van der Waals surface area contributed by atoms with Gasteiger partial charge in [-0.1, -0.05) is 24.8 Å². The largest absolute Gasteiger partial charge is 0.339 e. The molecule has 1 aromatic carbocycles. The summed E-state index contributed by atoms with van der Waals surface area (Å²) >= 11 is 0. The predicted octanol–water partition coefficient (Wildman–Crippen LogP) is 2.48. The van der Waals surface area contributed by atoms with Gasteiger partial charge in [-0.25, -0.2) is 0 Å². The van der Waals surface area contributed by atoms with E-state index < -0.39 is 0 Å². The minimum absolute atomic E-state index is 0.00208. The van der Waals surface area contributed by atoms with Gasteiger partial charge in [-0.3, -0.25) is 14.8 Å². The van der Waals surface area contributed by atoms with E-state index in [1.54, 1.807) is 12.4 Å². The van der Waals surface area contributed by atoms with E-state index in [-0.39, 0.29) is 11.9 Å². The van der Waals surface area contributed by atoms with Gasteiger partial charge < -0.3 is 10.2 Å². The Morgan fingerprint density at radius 1 is 1.18 bits per heavy atom. The SMILES string of the molecule is C=CC(=O)N1CCC(CNC(c2nccnc2C)c2nnnn2-c2c(C)cccc2C)CC1. The molecule has 1 N–H and O–H groups in total. The molecule has 0 spiro atoms. The average molecular weight is 447 g/mol. The van der Waals surface area contributed by atoms with Crippen LogP contribution in [0.4, 0.5) is 0 Å². The number of carbonyl (C=O) groups is 1. The molecule has 0 bridgehead atoms. The van der Waals surface area contributed by atoms with Crippen molar-refractivity contribution >= 4 is 5.91 Å². The van der Waals surface area contributed by atoms with E-state index in [0.717, 1.165) is 60.7 Å². The average Bonchev–Trinajstić information content (AvgIpc) is 3.29. The van der Waals surface area contributed by atoms with Crippen molar-refractivity contribution in [1.82, 2.24) is 40.4 Å². The summed E-state index contributed by atoms with van der Waals surface area (Å²) in [6.07, 6.45) is 6.64. The van der Waals surface area contributed by atoms with E-state index in [2.05, 4.69) is 63.4 Å². The lowest BCUT2D eigenvalue weighted by atomic mass is 9.96. The summed E-state index contributed by atoms with van der Waals surface area (Å²) in [6.45, 7) is 11.9. The van der Waals surface area contributed by atoms with Gasteiger partial charge >= 0.3 is 0 Å². The van der Waals surface area contributed by atoms with Gasteiger partial charge in [-0.2, -0.15) is 4.68 Å². The maximum atomic E-state index is 11.9. The number of carbonyl (C=O) groups excluding carboxylic acids is 1. The second-order valence-electron chi connectivity index (χ2n) is 8.53. The van der Waals surface area contributed by atoms with Crippen LogP contribution in [0.5, 0.6) is 0 Å². The highest BCUT2D eigenvalue weighted by molar-refractivity contribution is 5.87. The first kappa shape index (κ1) is 22.7. The van der Waals surface area contributed by atoms with E-state index in [1.165, 1.54) is 6.08 Å². The first-order chi connectivity index (χ1) is 16.0. The molecule has 0 radical (unpaired) electrons. The maximum absolute atomic E-state index is 11.9. The number of nitrogens with zero attached hydrogens (tertiary/aromatic N) is 7. The van der Waals surface area contributed by atoms with Crippen molar-refractivity contribution in [3.8, 4) is 5.69 Å². The van der Waals surface area contributed by atoms with Crippen LogP contribution >= 0.6 is 0 Å². The van der Waals surface area contributed by atoms with Crippen LogP contribution in [0.15, 0.2) is 43.2 Å².